The number of aromatic nitrogens is 2. The third-order valence-electron chi connectivity index (χ3n) is 4.58. The highest BCUT2D eigenvalue weighted by Crippen LogP contribution is 2.27. The van der Waals surface area contributed by atoms with Crippen molar-refractivity contribution in [1.82, 2.24) is 19.8 Å². The van der Waals surface area contributed by atoms with Crippen molar-refractivity contribution in [2.24, 2.45) is 5.92 Å². The van der Waals surface area contributed by atoms with Crippen LogP contribution >= 0.6 is 11.3 Å². The molecule has 0 spiro atoms. The van der Waals surface area contributed by atoms with Crippen molar-refractivity contribution in [3.8, 4) is 0 Å². The van der Waals surface area contributed by atoms with Gasteiger partial charge in [-0.1, -0.05) is 13.8 Å². The van der Waals surface area contributed by atoms with E-state index in [9.17, 15) is 18.0 Å². The van der Waals surface area contributed by atoms with Crippen LogP contribution in [-0.2, 0) is 4.79 Å². The first-order chi connectivity index (χ1) is 13.2. The minimum atomic E-state index is -4.39. The Kier molecular flexibility index (Phi) is 6.39. The molecule has 0 aliphatic carbocycles. The van der Waals surface area contributed by atoms with Gasteiger partial charge in [0.25, 0.3) is 0 Å². The lowest BCUT2D eigenvalue weighted by molar-refractivity contribution is -0.162. The summed E-state index contributed by atoms with van der Waals surface area (Å²) in [5.41, 5.74) is 0. The van der Waals surface area contributed by atoms with E-state index >= 15 is 0 Å². The fourth-order valence-corrected chi connectivity index (χ4v) is 4.08. The van der Waals surface area contributed by atoms with Crippen molar-refractivity contribution in [3.63, 3.8) is 0 Å². The predicted octanol–water partition coefficient (Wildman–Crippen LogP) is 2.86. The van der Waals surface area contributed by atoms with Crippen LogP contribution in [0.5, 0.6) is 0 Å². The van der Waals surface area contributed by atoms with E-state index in [1.54, 1.807) is 17.7 Å². The number of thiophene rings is 1. The molecular weight excluding hydrogens is 391 g/mol. The Bertz CT molecular complexity index is 802. The lowest BCUT2D eigenvalue weighted by Gasteiger charge is -2.36. The quantitative estimate of drug-likeness (QED) is 0.726. The highest BCUT2D eigenvalue weighted by Gasteiger charge is 2.34. The van der Waals surface area contributed by atoms with Crippen LogP contribution in [0, 0.1) is 5.92 Å². The SMILES string of the molecule is CC(C)CN(CC(F)(F)F)C(=O)CN1CCN(c2ncnc3sccc23)CC1. The molecule has 0 atom stereocenters. The van der Waals surface area contributed by atoms with E-state index in [2.05, 4.69) is 14.9 Å². The average Bonchev–Trinajstić information content (AvgIpc) is 3.09. The number of anilines is 1. The van der Waals surface area contributed by atoms with Crippen molar-refractivity contribution < 1.29 is 18.0 Å². The van der Waals surface area contributed by atoms with Crippen LogP contribution in [0.25, 0.3) is 10.2 Å². The van der Waals surface area contributed by atoms with E-state index in [0.29, 0.717) is 26.2 Å². The summed E-state index contributed by atoms with van der Waals surface area (Å²) in [6.45, 7) is 5.07. The van der Waals surface area contributed by atoms with Gasteiger partial charge in [0, 0.05) is 32.7 Å². The molecular formula is C18H24F3N5OS. The van der Waals surface area contributed by atoms with E-state index in [1.165, 1.54) is 0 Å². The number of hydrogen-bond donors (Lipinski definition) is 0. The Labute approximate surface area is 166 Å². The number of hydrogen-bond acceptors (Lipinski definition) is 6. The molecule has 28 heavy (non-hydrogen) atoms. The van der Waals surface area contributed by atoms with E-state index in [4.69, 9.17) is 0 Å². The van der Waals surface area contributed by atoms with Gasteiger partial charge < -0.3 is 9.80 Å². The Balaban J connectivity index is 1.58. The lowest BCUT2D eigenvalue weighted by Crippen LogP contribution is -2.51. The van der Waals surface area contributed by atoms with Crippen LogP contribution in [0.1, 0.15) is 13.8 Å². The molecule has 1 amide bonds. The second-order valence-corrected chi connectivity index (χ2v) is 8.28. The number of amides is 1. The van der Waals surface area contributed by atoms with Gasteiger partial charge in [0.15, 0.2) is 0 Å². The maximum atomic E-state index is 12.8. The van der Waals surface area contributed by atoms with Crippen LogP contribution in [-0.4, -0.2) is 77.7 Å². The van der Waals surface area contributed by atoms with Gasteiger partial charge in [0.05, 0.1) is 11.9 Å². The zero-order chi connectivity index (χ0) is 20.3. The highest BCUT2D eigenvalue weighted by atomic mass is 32.1. The molecule has 6 nitrogen and oxygen atoms in total. The summed E-state index contributed by atoms with van der Waals surface area (Å²) in [5, 5.41) is 2.98. The van der Waals surface area contributed by atoms with Crippen molar-refractivity contribution >= 4 is 33.3 Å². The van der Waals surface area contributed by atoms with Gasteiger partial charge in [-0.2, -0.15) is 13.2 Å². The smallest absolute Gasteiger partial charge is 0.353 e. The summed E-state index contributed by atoms with van der Waals surface area (Å²) in [6.07, 6.45) is -2.84. The third kappa shape index (κ3) is 5.32. The normalized spacial score (nSPS) is 16.1. The van der Waals surface area contributed by atoms with Crippen LogP contribution in [0.4, 0.5) is 19.0 Å². The number of halogens is 3. The minimum Gasteiger partial charge on any atom is -0.353 e. The van der Waals surface area contributed by atoms with Crippen LogP contribution in [0.2, 0.25) is 0 Å². The Hall–Kier alpha value is -1.94. The van der Waals surface area contributed by atoms with Gasteiger partial charge >= 0.3 is 6.18 Å². The molecule has 3 heterocycles. The molecule has 1 aliphatic heterocycles. The predicted molar refractivity (Wildman–Crippen MR) is 104 cm³/mol. The zero-order valence-corrected chi connectivity index (χ0v) is 16.8. The van der Waals surface area contributed by atoms with Gasteiger partial charge in [-0.15, -0.1) is 11.3 Å². The summed E-state index contributed by atoms with van der Waals surface area (Å²) in [4.78, 5) is 27.0. The molecule has 0 N–H and O–H groups in total. The van der Waals surface area contributed by atoms with Crippen LogP contribution in [0.3, 0.4) is 0 Å². The number of carbonyl (C=O) groups is 1. The number of alkyl halides is 3. The van der Waals surface area contributed by atoms with Crippen molar-refractivity contribution in [3.05, 3.63) is 17.8 Å². The molecule has 0 unspecified atom stereocenters. The number of fused-ring (bicyclic) bond motifs is 1. The van der Waals surface area contributed by atoms with Gasteiger partial charge in [-0.25, -0.2) is 9.97 Å². The molecule has 0 saturated carbocycles. The largest absolute Gasteiger partial charge is 0.406 e. The van der Waals surface area contributed by atoms with Crippen molar-refractivity contribution in [1.29, 1.82) is 0 Å². The van der Waals surface area contributed by atoms with Gasteiger partial charge in [-0.05, 0) is 17.4 Å². The van der Waals surface area contributed by atoms with E-state index in [1.807, 2.05) is 30.2 Å². The van der Waals surface area contributed by atoms with Gasteiger partial charge in [0.2, 0.25) is 5.91 Å². The van der Waals surface area contributed by atoms with Crippen molar-refractivity contribution in [2.75, 3.05) is 50.7 Å². The Morgan fingerprint density at radius 2 is 1.96 bits per heavy atom. The first-order valence-corrected chi connectivity index (χ1v) is 10.1. The summed E-state index contributed by atoms with van der Waals surface area (Å²) in [6, 6.07) is 1.99. The summed E-state index contributed by atoms with van der Waals surface area (Å²) in [5.74, 6) is 0.381. The molecule has 10 heteroatoms. The molecule has 2 aromatic rings. The van der Waals surface area contributed by atoms with Crippen molar-refractivity contribution in [2.45, 2.75) is 20.0 Å². The van der Waals surface area contributed by atoms with Gasteiger partial charge in [0.1, 0.15) is 23.5 Å². The van der Waals surface area contributed by atoms with Crippen LogP contribution < -0.4 is 4.90 Å². The first kappa shape index (κ1) is 20.8. The van der Waals surface area contributed by atoms with E-state index < -0.39 is 18.6 Å². The maximum Gasteiger partial charge on any atom is 0.406 e. The summed E-state index contributed by atoms with van der Waals surface area (Å²) >= 11 is 1.56. The number of rotatable bonds is 6. The minimum absolute atomic E-state index is 0.00821. The van der Waals surface area contributed by atoms with Gasteiger partial charge in [-0.3, -0.25) is 9.69 Å². The summed E-state index contributed by atoms with van der Waals surface area (Å²) in [7, 11) is 0. The topological polar surface area (TPSA) is 52.6 Å². The van der Waals surface area contributed by atoms with E-state index in [0.717, 1.165) is 20.9 Å². The summed E-state index contributed by atoms with van der Waals surface area (Å²) < 4.78 is 38.4. The molecule has 0 aromatic carbocycles. The monoisotopic (exact) mass is 415 g/mol. The molecule has 3 rings (SSSR count). The maximum absolute atomic E-state index is 12.8. The Morgan fingerprint density at radius 1 is 1.25 bits per heavy atom. The molecule has 0 bridgehead atoms. The molecule has 154 valence electrons. The highest BCUT2D eigenvalue weighted by molar-refractivity contribution is 7.16. The third-order valence-corrected chi connectivity index (χ3v) is 5.40. The fraction of sp³-hybridized carbons (Fsp3) is 0.611. The van der Waals surface area contributed by atoms with Crippen LogP contribution in [0.15, 0.2) is 17.8 Å². The standard InChI is InChI=1S/C18H24F3N5OS/c1-13(2)9-26(11-18(19,20)21)15(27)10-24-4-6-25(7-5-24)16-14-3-8-28-17(14)23-12-22-16/h3,8,12-13H,4-7,9-11H2,1-2H3. The lowest BCUT2D eigenvalue weighted by atomic mass is 10.2. The molecule has 1 saturated heterocycles. The molecule has 1 fully saturated rings. The average molecular weight is 415 g/mol. The van der Waals surface area contributed by atoms with E-state index in [-0.39, 0.29) is 19.0 Å². The molecule has 2 aromatic heterocycles. The second kappa shape index (κ2) is 8.60. The molecule has 0 radical (unpaired) electrons. The zero-order valence-electron chi connectivity index (χ0n) is 15.9. The fourth-order valence-electron chi connectivity index (χ4n) is 3.35. The Morgan fingerprint density at radius 3 is 2.61 bits per heavy atom. The first-order valence-electron chi connectivity index (χ1n) is 9.23. The second-order valence-electron chi connectivity index (χ2n) is 7.38. The number of carbonyl (C=O) groups excluding carboxylic acids is 1. The number of nitrogens with zero attached hydrogens (tertiary/aromatic N) is 5. The number of piperazine rings is 1. The molecule has 1 aliphatic rings.